The summed E-state index contributed by atoms with van der Waals surface area (Å²) in [5.41, 5.74) is 0. The first-order chi connectivity index (χ1) is 6.35. The summed E-state index contributed by atoms with van der Waals surface area (Å²) >= 11 is 0. The molecular weight excluding hydrogens is 184 g/mol. The Bertz CT molecular complexity index is 113. The Morgan fingerprint density at radius 3 is 2.31 bits per heavy atom. The summed E-state index contributed by atoms with van der Waals surface area (Å²) in [5, 5.41) is 0. The van der Waals surface area contributed by atoms with Gasteiger partial charge in [0.05, 0.1) is 12.9 Å². The van der Waals surface area contributed by atoms with Crippen LogP contribution in [0.15, 0.2) is 12.8 Å². The highest BCUT2D eigenvalue weighted by atomic mass is 28.3. The number of ether oxygens (including phenoxy) is 1. The van der Waals surface area contributed by atoms with Gasteiger partial charge in [0.1, 0.15) is 0 Å². The van der Waals surface area contributed by atoms with Gasteiger partial charge >= 0.3 is 9.28 Å². The maximum atomic E-state index is 5.50. The summed E-state index contributed by atoms with van der Waals surface area (Å²) in [6.45, 7) is 9.69. The fourth-order valence-corrected chi connectivity index (χ4v) is 2.68. The highest BCUT2D eigenvalue weighted by molar-refractivity contribution is 6.44. The lowest BCUT2D eigenvalue weighted by Gasteiger charge is -2.14. The fourth-order valence-electron chi connectivity index (χ4n) is 1.00. The van der Waals surface area contributed by atoms with Gasteiger partial charge in [-0.05, 0) is 26.3 Å². The van der Waals surface area contributed by atoms with Crippen molar-refractivity contribution in [3.8, 4) is 0 Å². The summed E-state index contributed by atoms with van der Waals surface area (Å²) < 4.78 is 16.0. The summed E-state index contributed by atoms with van der Waals surface area (Å²) in [7, 11) is -1.39. The van der Waals surface area contributed by atoms with E-state index in [4.69, 9.17) is 13.6 Å². The average Bonchev–Trinajstić information content (AvgIpc) is 2.13. The Morgan fingerprint density at radius 2 is 1.85 bits per heavy atom. The van der Waals surface area contributed by atoms with Gasteiger partial charge in [0.2, 0.25) is 0 Å². The normalized spacial score (nSPS) is 10.4. The van der Waals surface area contributed by atoms with E-state index < -0.39 is 9.28 Å². The van der Waals surface area contributed by atoms with Crippen LogP contribution in [0.5, 0.6) is 0 Å². The number of hydrogen-bond acceptors (Lipinski definition) is 3. The first kappa shape index (κ1) is 12.7. The lowest BCUT2D eigenvalue weighted by atomic mass is 10.5. The molecule has 0 saturated heterocycles. The van der Waals surface area contributed by atoms with E-state index >= 15 is 0 Å². The lowest BCUT2D eigenvalue weighted by molar-refractivity contribution is 0.204. The molecule has 0 fully saturated rings. The largest absolute Gasteiger partial charge is 0.502 e. The van der Waals surface area contributed by atoms with Gasteiger partial charge in [0.25, 0.3) is 0 Å². The van der Waals surface area contributed by atoms with Crippen molar-refractivity contribution in [2.24, 2.45) is 0 Å². The Kier molecular flexibility index (Phi) is 9.52. The predicted octanol–water partition coefficient (Wildman–Crippen LogP) is 1.83. The van der Waals surface area contributed by atoms with E-state index in [-0.39, 0.29) is 0 Å². The van der Waals surface area contributed by atoms with Crippen LogP contribution in [0.2, 0.25) is 6.04 Å². The molecule has 0 heterocycles. The van der Waals surface area contributed by atoms with Gasteiger partial charge in [0, 0.05) is 13.2 Å². The highest BCUT2D eigenvalue weighted by Gasteiger charge is 2.10. The van der Waals surface area contributed by atoms with Gasteiger partial charge in [-0.2, -0.15) is 0 Å². The number of rotatable bonds is 9. The van der Waals surface area contributed by atoms with Crippen molar-refractivity contribution in [2.75, 3.05) is 19.8 Å². The molecular formula is C9H20O3Si. The monoisotopic (exact) mass is 204 g/mol. The van der Waals surface area contributed by atoms with Crippen LogP contribution in [0.4, 0.5) is 0 Å². The average molecular weight is 204 g/mol. The SMILES string of the molecule is C=COCCC[SiH](OCC)OCC. The molecule has 0 amide bonds. The van der Waals surface area contributed by atoms with Gasteiger partial charge in [0.15, 0.2) is 0 Å². The zero-order chi connectivity index (χ0) is 9.94. The Hall–Kier alpha value is -0.323. The van der Waals surface area contributed by atoms with Crippen molar-refractivity contribution in [2.45, 2.75) is 26.3 Å². The first-order valence-corrected chi connectivity index (χ1v) is 6.56. The summed E-state index contributed by atoms with van der Waals surface area (Å²) in [4.78, 5) is 0. The fraction of sp³-hybridized carbons (Fsp3) is 0.778. The molecule has 78 valence electrons. The second-order valence-electron chi connectivity index (χ2n) is 2.52. The highest BCUT2D eigenvalue weighted by Crippen LogP contribution is 2.01. The molecule has 0 aromatic heterocycles. The van der Waals surface area contributed by atoms with E-state index in [2.05, 4.69) is 6.58 Å². The van der Waals surface area contributed by atoms with Crippen molar-refractivity contribution in [1.82, 2.24) is 0 Å². The van der Waals surface area contributed by atoms with E-state index in [1.54, 1.807) is 0 Å². The topological polar surface area (TPSA) is 27.7 Å². The van der Waals surface area contributed by atoms with Crippen molar-refractivity contribution in [3.63, 3.8) is 0 Å². The third-order valence-corrected chi connectivity index (χ3v) is 3.81. The van der Waals surface area contributed by atoms with Crippen molar-refractivity contribution in [1.29, 1.82) is 0 Å². The standard InChI is InChI=1S/C9H20O3Si/c1-4-10-8-7-9-13(11-5-2)12-6-3/h4,13H,1,5-9H2,2-3H3. The Labute approximate surface area is 82.5 Å². The molecule has 0 saturated carbocycles. The molecule has 0 bridgehead atoms. The minimum absolute atomic E-state index is 0.715. The zero-order valence-corrected chi connectivity index (χ0v) is 9.78. The van der Waals surface area contributed by atoms with E-state index in [1.165, 1.54) is 6.26 Å². The third kappa shape index (κ3) is 8.02. The molecule has 0 aliphatic heterocycles. The van der Waals surface area contributed by atoms with Gasteiger partial charge in [-0.25, -0.2) is 0 Å². The molecule has 0 radical (unpaired) electrons. The van der Waals surface area contributed by atoms with Crippen LogP contribution in [0.3, 0.4) is 0 Å². The summed E-state index contributed by atoms with van der Waals surface area (Å²) in [6, 6.07) is 1.01. The minimum atomic E-state index is -1.39. The number of hydrogen-bond donors (Lipinski definition) is 0. The van der Waals surface area contributed by atoms with Gasteiger partial charge in [-0.15, -0.1) is 0 Å². The molecule has 0 aliphatic rings. The second kappa shape index (κ2) is 9.76. The minimum Gasteiger partial charge on any atom is -0.502 e. The molecule has 0 rings (SSSR count). The molecule has 0 N–H and O–H groups in total. The maximum Gasteiger partial charge on any atom is 0.321 e. The van der Waals surface area contributed by atoms with Crippen LogP contribution >= 0.6 is 0 Å². The van der Waals surface area contributed by atoms with Crippen LogP contribution < -0.4 is 0 Å². The van der Waals surface area contributed by atoms with Crippen LogP contribution in [0, 0.1) is 0 Å². The quantitative estimate of drug-likeness (QED) is 0.326. The molecule has 0 atom stereocenters. The maximum absolute atomic E-state index is 5.50. The molecule has 13 heavy (non-hydrogen) atoms. The predicted molar refractivity (Wildman–Crippen MR) is 56.0 cm³/mol. The van der Waals surface area contributed by atoms with Gasteiger partial charge in [-0.3, -0.25) is 0 Å². The van der Waals surface area contributed by atoms with Crippen molar-refractivity contribution >= 4 is 9.28 Å². The van der Waals surface area contributed by atoms with Crippen LogP contribution in [0.1, 0.15) is 20.3 Å². The van der Waals surface area contributed by atoms with Crippen molar-refractivity contribution < 1.29 is 13.6 Å². The third-order valence-electron chi connectivity index (χ3n) is 1.52. The smallest absolute Gasteiger partial charge is 0.321 e. The van der Waals surface area contributed by atoms with Crippen LogP contribution in [-0.2, 0) is 13.6 Å². The van der Waals surface area contributed by atoms with E-state index in [0.717, 1.165) is 25.7 Å². The van der Waals surface area contributed by atoms with Gasteiger partial charge < -0.3 is 13.6 Å². The summed E-state index contributed by atoms with van der Waals surface area (Å²) in [5.74, 6) is 0. The molecule has 0 aliphatic carbocycles. The lowest BCUT2D eigenvalue weighted by Crippen LogP contribution is -2.23. The molecule has 0 spiro atoms. The van der Waals surface area contributed by atoms with Crippen molar-refractivity contribution in [3.05, 3.63) is 12.8 Å². The van der Waals surface area contributed by atoms with Gasteiger partial charge in [-0.1, -0.05) is 6.58 Å². The van der Waals surface area contributed by atoms with Crippen LogP contribution in [-0.4, -0.2) is 29.1 Å². The Morgan fingerprint density at radius 1 is 1.23 bits per heavy atom. The molecule has 0 aromatic rings. The van der Waals surface area contributed by atoms with E-state index in [0.29, 0.717) is 6.61 Å². The van der Waals surface area contributed by atoms with E-state index in [1.807, 2.05) is 13.8 Å². The molecule has 0 aromatic carbocycles. The zero-order valence-electron chi connectivity index (χ0n) is 8.62. The second-order valence-corrected chi connectivity index (χ2v) is 4.62. The first-order valence-electron chi connectivity index (χ1n) is 4.80. The Balaban J connectivity index is 3.37. The molecule has 4 heteroatoms. The molecule has 0 unspecified atom stereocenters. The summed E-state index contributed by atoms with van der Waals surface area (Å²) in [6.07, 6.45) is 2.46. The van der Waals surface area contributed by atoms with Crippen LogP contribution in [0.25, 0.3) is 0 Å². The van der Waals surface area contributed by atoms with E-state index in [9.17, 15) is 0 Å². The molecule has 3 nitrogen and oxygen atoms in total.